The van der Waals surface area contributed by atoms with Gasteiger partial charge in [-0.25, -0.2) is 4.79 Å². The number of fused-ring (bicyclic) bond motifs is 2. The van der Waals surface area contributed by atoms with E-state index >= 15 is 0 Å². The number of amides is 1. The minimum Gasteiger partial charge on any atom is -0.454 e. The standard InChI is InChI=1S/C22H18N2O5/c25-20(24-12-15-6-8-18-19(11-15)29-14-28-18)13-27-21(26)9-7-17-4-1-3-16-5-2-10-23-22(16)17/h1-11H,12-14H2,(H,24,25)/b9-7+. The van der Waals surface area contributed by atoms with Crippen LogP contribution in [0.5, 0.6) is 11.5 Å². The van der Waals surface area contributed by atoms with Gasteiger partial charge in [0.2, 0.25) is 6.79 Å². The van der Waals surface area contributed by atoms with Gasteiger partial charge in [-0.3, -0.25) is 9.78 Å². The van der Waals surface area contributed by atoms with Gasteiger partial charge in [-0.1, -0.05) is 30.3 Å². The quantitative estimate of drug-likeness (QED) is 0.515. The summed E-state index contributed by atoms with van der Waals surface area (Å²) in [5, 5.41) is 3.67. The van der Waals surface area contributed by atoms with Crippen LogP contribution in [-0.4, -0.2) is 30.3 Å². The number of hydrogen-bond acceptors (Lipinski definition) is 6. The highest BCUT2D eigenvalue weighted by Gasteiger charge is 2.13. The first-order valence-electron chi connectivity index (χ1n) is 9.03. The van der Waals surface area contributed by atoms with Crippen molar-refractivity contribution in [3.8, 4) is 11.5 Å². The molecule has 0 fully saturated rings. The highest BCUT2D eigenvalue weighted by Crippen LogP contribution is 2.32. The highest BCUT2D eigenvalue weighted by molar-refractivity contribution is 5.93. The molecule has 1 aliphatic heterocycles. The number of benzene rings is 2. The fraction of sp³-hybridized carbons (Fsp3) is 0.136. The molecule has 146 valence electrons. The van der Waals surface area contributed by atoms with Crippen molar-refractivity contribution >= 4 is 28.9 Å². The minimum atomic E-state index is -0.601. The fourth-order valence-corrected chi connectivity index (χ4v) is 2.91. The van der Waals surface area contributed by atoms with Crippen LogP contribution in [0.1, 0.15) is 11.1 Å². The number of carbonyl (C=O) groups is 2. The predicted octanol–water partition coefficient (Wildman–Crippen LogP) is 2.84. The Balaban J connectivity index is 1.27. The van der Waals surface area contributed by atoms with Gasteiger partial charge < -0.3 is 19.5 Å². The van der Waals surface area contributed by atoms with Crippen molar-refractivity contribution in [3.05, 3.63) is 71.9 Å². The van der Waals surface area contributed by atoms with E-state index in [-0.39, 0.29) is 13.4 Å². The third-order valence-corrected chi connectivity index (χ3v) is 4.34. The molecule has 2 aromatic carbocycles. The second kappa shape index (κ2) is 8.43. The first-order valence-corrected chi connectivity index (χ1v) is 9.03. The zero-order valence-corrected chi connectivity index (χ0v) is 15.5. The van der Waals surface area contributed by atoms with Crippen LogP contribution in [0.15, 0.2) is 60.8 Å². The summed E-state index contributed by atoms with van der Waals surface area (Å²) in [5.74, 6) is 0.339. The van der Waals surface area contributed by atoms with E-state index in [1.807, 2.05) is 36.4 Å². The molecule has 0 atom stereocenters. The topological polar surface area (TPSA) is 86.8 Å². The summed E-state index contributed by atoms with van der Waals surface area (Å²) in [6.45, 7) is 0.134. The number of hydrogen-bond donors (Lipinski definition) is 1. The van der Waals surface area contributed by atoms with E-state index in [1.54, 1.807) is 24.4 Å². The lowest BCUT2D eigenvalue weighted by atomic mass is 10.1. The van der Waals surface area contributed by atoms with Gasteiger partial charge in [-0.15, -0.1) is 0 Å². The number of carbonyl (C=O) groups excluding carboxylic acids is 2. The number of esters is 1. The largest absolute Gasteiger partial charge is 0.454 e. The van der Waals surface area contributed by atoms with E-state index in [0.29, 0.717) is 18.0 Å². The maximum Gasteiger partial charge on any atom is 0.331 e. The molecule has 1 aliphatic rings. The molecule has 1 aromatic heterocycles. The van der Waals surface area contributed by atoms with E-state index in [0.717, 1.165) is 22.0 Å². The summed E-state index contributed by atoms with van der Waals surface area (Å²) in [6.07, 6.45) is 4.61. The fourth-order valence-electron chi connectivity index (χ4n) is 2.91. The molecule has 0 saturated carbocycles. The molecule has 0 unspecified atom stereocenters. The Labute approximate surface area is 166 Å². The van der Waals surface area contributed by atoms with Crippen LogP contribution in [0.2, 0.25) is 0 Å². The van der Waals surface area contributed by atoms with Crippen LogP contribution < -0.4 is 14.8 Å². The van der Waals surface area contributed by atoms with Crippen molar-refractivity contribution in [1.82, 2.24) is 10.3 Å². The molecular formula is C22H18N2O5. The number of pyridine rings is 1. The Kier molecular flexibility index (Phi) is 5.38. The zero-order chi connectivity index (χ0) is 20.1. The summed E-state index contributed by atoms with van der Waals surface area (Å²) >= 11 is 0. The maximum absolute atomic E-state index is 11.9. The van der Waals surface area contributed by atoms with E-state index in [2.05, 4.69) is 10.3 Å². The third-order valence-electron chi connectivity index (χ3n) is 4.34. The first kappa shape index (κ1) is 18.5. The SMILES string of the molecule is O=C(COC(=O)/C=C/c1cccc2cccnc12)NCc1ccc2c(c1)OCO2. The molecule has 2 heterocycles. The van der Waals surface area contributed by atoms with Crippen LogP contribution >= 0.6 is 0 Å². The second-order valence-electron chi connectivity index (χ2n) is 6.33. The molecule has 3 aromatic rings. The normalized spacial score (nSPS) is 12.3. The van der Waals surface area contributed by atoms with E-state index in [4.69, 9.17) is 14.2 Å². The number of para-hydroxylation sites is 1. The van der Waals surface area contributed by atoms with Gasteiger partial charge in [0.15, 0.2) is 18.1 Å². The molecule has 0 saturated heterocycles. The molecule has 0 radical (unpaired) electrons. The van der Waals surface area contributed by atoms with Crippen LogP contribution in [0.25, 0.3) is 17.0 Å². The summed E-state index contributed by atoms with van der Waals surface area (Å²) in [6, 6.07) is 14.9. The maximum atomic E-state index is 11.9. The van der Waals surface area contributed by atoms with Crippen LogP contribution in [0.3, 0.4) is 0 Å². The Morgan fingerprint density at radius 1 is 1.10 bits per heavy atom. The molecule has 0 bridgehead atoms. The number of ether oxygens (including phenoxy) is 3. The highest BCUT2D eigenvalue weighted by atomic mass is 16.7. The van der Waals surface area contributed by atoms with Gasteiger partial charge in [-0.05, 0) is 29.8 Å². The van der Waals surface area contributed by atoms with Gasteiger partial charge in [0.25, 0.3) is 5.91 Å². The van der Waals surface area contributed by atoms with Crippen molar-refractivity contribution in [2.75, 3.05) is 13.4 Å². The Morgan fingerprint density at radius 3 is 2.90 bits per heavy atom. The Hall–Kier alpha value is -3.87. The molecule has 7 nitrogen and oxygen atoms in total. The lowest BCUT2D eigenvalue weighted by Gasteiger charge is -2.06. The molecule has 1 amide bonds. The van der Waals surface area contributed by atoms with Gasteiger partial charge in [-0.2, -0.15) is 0 Å². The van der Waals surface area contributed by atoms with Crippen molar-refractivity contribution in [2.45, 2.75) is 6.54 Å². The lowest BCUT2D eigenvalue weighted by molar-refractivity contribution is -0.143. The summed E-state index contributed by atoms with van der Waals surface area (Å²) < 4.78 is 15.5. The molecule has 0 spiro atoms. The minimum absolute atomic E-state index is 0.198. The van der Waals surface area contributed by atoms with Crippen LogP contribution in [-0.2, 0) is 20.9 Å². The number of nitrogens with zero attached hydrogens (tertiary/aromatic N) is 1. The average molecular weight is 390 g/mol. The van der Waals surface area contributed by atoms with Crippen molar-refractivity contribution in [1.29, 1.82) is 0 Å². The molecule has 1 N–H and O–H groups in total. The molecule has 29 heavy (non-hydrogen) atoms. The van der Waals surface area contributed by atoms with Gasteiger partial charge in [0.05, 0.1) is 5.52 Å². The van der Waals surface area contributed by atoms with Crippen molar-refractivity contribution in [3.63, 3.8) is 0 Å². The monoisotopic (exact) mass is 390 g/mol. The summed E-state index contributed by atoms with van der Waals surface area (Å²) in [4.78, 5) is 28.2. The van der Waals surface area contributed by atoms with Crippen molar-refractivity contribution in [2.24, 2.45) is 0 Å². The zero-order valence-electron chi connectivity index (χ0n) is 15.5. The van der Waals surface area contributed by atoms with Gasteiger partial charge in [0.1, 0.15) is 0 Å². The first-order chi connectivity index (χ1) is 14.2. The van der Waals surface area contributed by atoms with Crippen molar-refractivity contribution < 1.29 is 23.8 Å². The van der Waals surface area contributed by atoms with Crippen LogP contribution in [0.4, 0.5) is 0 Å². The number of aromatic nitrogens is 1. The third kappa shape index (κ3) is 4.52. The Bertz CT molecular complexity index is 1090. The molecule has 7 heteroatoms. The van der Waals surface area contributed by atoms with E-state index in [1.165, 1.54) is 6.08 Å². The smallest absolute Gasteiger partial charge is 0.331 e. The molecular weight excluding hydrogens is 372 g/mol. The summed E-state index contributed by atoms with van der Waals surface area (Å²) in [5.41, 5.74) is 2.45. The second-order valence-corrected chi connectivity index (χ2v) is 6.33. The van der Waals surface area contributed by atoms with Crippen LogP contribution in [0, 0.1) is 0 Å². The molecule has 4 rings (SSSR count). The van der Waals surface area contributed by atoms with E-state index in [9.17, 15) is 9.59 Å². The summed E-state index contributed by atoms with van der Waals surface area (Å²) in [7, 11) is 0. The van der Waals surface area contributed by atoms with Gasteiger partial charge in [0, 0.05) is 29.8 Å². The molecule has 0 aliphatic carbocycles. The van der Waals surface area contributed by atoms with Gasteiger partial charge >= 0.3 is 5.97 Å². The Morgan fingerprint density at radius 2 is 1.97 bits per heavy atom. The number of nitrogens with one attached hydrogen (secondary N) is 1. The average Bonchev–Trinajstić information content (AvgIpc) is 3.22. The lowest BCUT2D eigenvalue weighted by Crippen LogP contribution is -2.28. The predicted molar refractivity (Wildman–Crippen MR) is 106 cm³/mol. The number of rotatable bonds is 6. The van der Waals surface area contributed by atoms with E-state index < -0.39 is 11.9 Å².